The molecule has 7 nitrogen and oxygen atoms in total. The molecule has 26 heavy (non-hydrogen) atoms. The van der Waals surface area contributed by atoms with Gasteiger partial charge in [-0.3, -0.25) is 9.59 Å². The first-order valence-corrected chi connectivity index (χ1v) is 8.12. The SMILES string of the molecule is COC(=O)CN1C(=O)N/C(=C\c2ccc(-c3cccc(Cl)c3Cl)o2)C1=O. The van der Waals surface area contributed by atoms with E-state index in [1.807, 2.05) is 0 Å². The molecule has 9 heteroatoms. The van der Waals surface area contributed by atoms with E-state index < -0.39 is 24.5 Å². The molecule has 3 amide bonds. The lowest BCUT2D eigenvalue weighted by atomic mass is 10.2. The van der Waals surface area contributed by atoms with Gasteiger partial charge in [0.25, 0.3) is 5.91 Å². The van der Waals surface area contributed by atoms with Crippen LogP contribution in [0.3, 0.4) is 0 Å². The van der Waals surface area contributed by atoms with E-state index in [1.165, 1.54) is 13.2 Å². The summed E-state index contributed by atoms with van der Waals surface area (Å²) < 4.78 is 10.1. The Kier molecular flexibility index (Phi) is 5.01. The van der Waals surface area contributed by atoms with Crippen LogP contribution < -0.4 is 5.32 Å². The van der Waals surface area contributed by atoms with Crippen molar-refractivity contribution in [3.05, 3.63) is 51.8 Å². The molecular weight excluding hydrogens is 383 g/mol. The Bertz CT molecular complexity index is 935. The number of nitrogens with zero attached hydrogens (tertiary/aromatic N) is 1. The van der Waals surface area contributed by atoms with Crippen LogP contribution in [0.1, 0.15) is 5.76 Å². The average Bonchev–Trinajstić information content (AvgIpc) is 3.17. The summed E-state index contributed by atoms with van der Waals surface area (Å²) in [6.07, 6.45) is 1.36. The number of hydrogen-bond acceptors (Lipinski definition) is 5. The van der Waals surface area contributed by atoms with Crippen molar-refractivity contribution in [1.29, 1.82) is 0 Å². The van der Waals surface area contributed by atoms with Crippen LogP contribution in [0.2, 0.25) is 10.0 Å². The zero-order chi connectivity index (χ0) is 18.8. The van der Waals surface area contributed by atoms with E-state index in [0.29, 0.717) is 27.1 Å². The van der Waals surface area contributed by atoms with Crippen molar-refractivity contribution in [1.82, 2.24) is 10.2 Å². The molecule has 1 aromatic carbocycles. The number of methoxy groups -OCH3 is 1. The fourth-order valence-electron chi connectivity index (χ4n) is 2.32. The van der Waals surface area contributed by atoms with Crippen LogP contribution in [0.15, 0.2) is 40.4 Å². The van der Waals surface area contributed by atoms with Gasteiger partial charge in [-0.1, -0.05) is 29.3 Å². The average molecular weight is 395 g/mol. The molecule has 134 valence electrons. The van der Waals surface area contributed by atoms with Gasteiger partial charge < -0.3 is 14.5 Å². The molecule has 1 saturated heterocycles. The Hall–Kier alpha value is -2.77. The molecule has 0 atom stereocenters. The summed E-state index contributed by atoms with van der Waals surface area (Å²) >= 11 is 12.2. The van der Waals surface area contributed by atoms with Crippen LogP contribution in [-0.4, -0.2) is 36.5 Å². The summed E-state index contributed by atoms with van der Waals surface area (Å²) in [6, 6.07) is 7.69. The molecule has 1 aliphatic rings. The topological polar surface area (TPSA) is 88.8 Å². The number of carbonyl (C=O) groups excluding carboxylic acids is 3. The monoisotopic (exact) mass is 394 g/mol. The molecule has 1 aromatic heterocycles. The largest absolute Gasteiger partial charge is 0.468 e. The van der Waals surface area contributed by atoms with Crippen molar-refractivity contribution >= 4 is 47.2 Å². The van der Waals surface area contributed by atoms with E-state index in [-0.39, 0.29) is 5.70 Å². The van der Waals surface area contributed by atoms with Gasteiger partial charge in [-0.15, -0.1) is 0 Å². The minimum absolute atomic E-state index is 0.0167. The minimum atomic E-state index is -0.712. The maximum Gasteiger partial charge on any atom is 0.329 e. The van der Waals surface area contributed by atoms with Gasteiger partial charge in [0, 0.05) is 11.6 Å². The highest BCUT2D eigenvalue weighted by Gasteiger charge is 2.35. The van der Waals surface area contributed by atoms with E-state index in [2.05, 4.69) is 10.1 Å². The van der Waals surface area contributed by atoms with Gasteiger partial charge in [-0.25, -0.2) is 9.69 Å². The highest BCUT2D eigenvalue weighted by Crippen LogP contribution is 2.34. The number of hydrogen-bond donors (Lipinski definition) is 1. The van der Waals surface area contributed by atoms with Crippen LogP contribution in [0.5, 0.6) is 0 Å². The van der Waals surface area contributed by atoms with E-state index in [0.717, 1.165) is 4.90 Å². The van der Waals surface area contributed by atoms with Crippen molar-refractivity contribution in [2.24, 2.45) is 0 Å². The molecule has 2 heterocycles. The van der Waals surface area contributed by atoms with Gasteiger partial charge in [0.05, 0.1) is 17.2 Å². The zero-order valence-corrected chi connectivity index (χ0v) is 14.9. The predicted molar refractivity (Wildman–Crippen MR) is 94.4 cm³/mol. The van der Waals surface area contributed by atoms with E-state index >= 15 is 0 Å². The first kappa shape index (κ1) is 18.0. The molecule has 0 spiro atoms. The van der Waals surface area contributed by atoms with Crippen LogP contribution in [-0.2, 0) is 14.3 Å². The summed E-state index contributed by atoms with van der Waals surface area (Å²) in [4.78, 5) is 36.1. The van der Waals surface area contributed by atoms with Crippen molar-refractivity contribution in [2.45, 2.75) is 0 Å². The molecule has 0 bridgehead atoms. The summed E-state index contributed by atoms with van der Waals surface area (Å²) in [5.74, 6) is -0.586. The number of benzene rings is 1. The second kappa shape index (κ2) is 7.23. The third kappa shape index (κ3) is 3.44. The van der Waals surface area contributed by atoms with Gasteiger partial charge >= 0.3 is 12.0 Å². The van der Waals surface area contributed by atoms with Gasteiger partial charge in [0.1, 0.15) is 23.8 Å². The van der Waals surface area contributed by atoms with Gasteiger partial charge in [-0.05, 0) is 24.3 Å². The van der Waals surface area contributed by atoms with E-state index in [1.54, 1.807) is 30.3 Å². The number of esters is 1. The molecular formula is C17H12Cl2N2O5. The number of imide groups is 1. The number of furan rings is 1. The smallest absolute Gasteiger partial charge is 0.329 e. The number of urea groups is 1. The quantitative estimate of drug-likeness (QED) is 0.488. The molecule has 2 aromatic rings. The Labute approximate surface area is 158 Å². The third-order valence-electron chi connectivity index (χ3n) is 3.61. The normalized spacial score (nSPS) is 15.5. The summed E-state index contributed by atoms with van der Waals surface area (Å²) in [7, 11) is 1.17. The Morgan fingerprint density at radius 1 is 1.27 bits per heavy atom. The Morgan fingerprint density at radius 2 is 2.04 bits per heavy atom. The summed E-state index contributed by atoms with van der Waals surface area (Å²) in [6.45, 7) is -0.472. The summed E-state index contributed by atoms with van der Waals surface area (Å²) in [5, 5.41) is 3.12. The molecule has 0 radical (unpaired) electrons. The number of ether oxygens (including phenoxy) is 1. The lowest BCUT2D eigenvalue weighted by Gasteiger charge is -2.08. The van der Waals surface area contributed by atoms with Crippen molar-refractivity contribution < 1.29 is 23.5 Å². The van der Waals surface area contributed by atoms with Crippen molar-refractivity contribution in [3.8, 4) is 11.3 Å². The van der Waals surface area contributed by atoms with Gasteiger partial charge in [0.2, 0.25) is 0 Å². The highest BCUT2D eigenvalue weighted by molar-refractivity contribution is 6.43. The lowest BCUT2D eigenvalue weighted by Crippen LogP contribution is -2.36. The first-order chi connectivity index (χ1) is 12.4. The predicted octanol–water partition coefficient (Wildman–Crippen LogP) is 3.32. The number of rotatable bonds is 4. The standard InChI is InChI=1S/C17H12Cl2N2O5/c1-25-14(22)8-21-16(23)12(20-17(21)24)7-9-5-6-13(26-9)10-3-2-4-11(18)15(10)19/h2-7H,8H2,1H3,(H,20,24)/b12-7-. The molecule has 0 saturated carbocycles. The van der Waals surface area contributed by atoms with Crippen LogP contribution in [0.25, 0.3) is 17.4 Å². The van der Waals surface area contributed by atoms with Crippen LogP contribution in [0, 0.1) is 0 Å². The second-order valence-electron chi connectivity index (χ2n) is 5.26. The molecule has 3 rings (SSSR count). The van der Waals surface area contributed by atoms with Crippen LogP contribution in [0.4, 0.5) is 4.79 Å². The second-order valence-corrected chi connectivity index (χ2v) is 6.04. The molecule has 1 N–H and O–H groups in total. The fraction of sp³-hybridized carbons (Fsp3) is 0.118. The van der Waals surface area contributed by atoms with Gasteiger partial charge in [0.15, 0.2) is 0 Å². The maximum atomic E-state index is 12.2. The molecule has 1 fully saturated rings. The summed E-state index contributed by atoms with van der Waals surface area (Å²) in [5.41, 5.74) is 0.579. The number of nitrogens with one attached hydrogen (secondary N) is 1. The molecule has 1 aliphatic heterocycles. The minimum Gasteiger partial charge on any atom is -0.468 e. The number of halogens is 2. The van der Waals surface area contributed by atoms with E-state index in [4.69, 9.17) is 27.6 Å². The van der Waals surface area contributed by atoms with E-state index in [9.17, 15) is 14.4 Å². The van der Waals surface area contributed by atoms with Crippen molar-refractivity contribution in [2.75, 3.05) is 13.7 Å². The number of amides is 3. The third-order valence-corrected chi connectivity index (χ3v) is 4.43. The maximum absolute atomic E-state index is 12.2. The fourth-order valence-corrected chi connectivity index (χ4v) is 2.71. The lowest BCUT2D eigenvalue weighted by molar-refractivity contribution is -0.143. The number of carbonyl (C=O) groups is 3. The van der Waals surface area contributed by atoms with Gasteiger partial charge in [-0.2, -0.15) is 0 Å². The Balaban J connectivity index is 1.84. The highest BCUT2D eigenvalue weighted by atomic mass is 35.5. The van der Waals surface area contributed by atoms with Crippen molar-refractivity contribution in [3.63, 3.8) is 0 Å². The molecule has 0 unspecified atom stereocenters. The molecule has 0 aliphatic carbocycles. The zero-order valence-electron chi connectivity index (χ0n) is 13.4. The van der Waals surface area contributed by atoms with Crippen LogP contribution >= 0.6 is 23.2 Å². The Morgan fingerprint density at radius 3 is 2.77 bits per heavy atom. The first-order valence-electron chi connectivity index (χ1n) is 7.36.